The van der Waals surface area contributed by atoms with Gasteiger partial charge in [0.15, 0.2) is 0 Å². The van der Waals surface area contributed by atoms with E-state index in [9.17, 15) is 0 Å². The predicted octanol–water partition coefficient (Wildman–Crippen LogP) is 1.85. The Morgan fingerprint density at radius 3 is 2.94 bits per heavy atom. The number of hydrogen-bond acceptors (Lipinski definition) is 3. The molecule has 2 aromatic heterocycles. The third kappa shape index (κ3) is 3.67. The van der Waals surface area contributed by atoms with Crippen LogP contribution in [-0.4, -0.2) is 20.6 Å². The van der Waals surface area contributed by atoms with Crippen molar-refractivity contribution in [3.05, 3.63) is 48.8 Å². The summed E-state index contributed by atoms with van der Waals surface area (Å²) in [7, 11) is 0. The van der Waals surface area contributed by atoms with E-state index in [0.717, 1.165) is 25.2 Å². The van der Waals surface area contributed by atoms with Crippen molar-refractivity contribution in [3.8, 4) is 0 Å². The van der Waals surface area contributed by atoms with Gasteiger partial charge < -0.3 is 9.88 Å². The summed E-state index contributed by atoms with van der Waals surface area (Å²) in [5.41, 5.74) is 1.08. The Morgan fingerprint density at radius 2 is 2.29 bits per heavy atom. The van der Waals surface area contributed by atoms with E-state index in [1.165, 1.54) is 0 Å². The molecule has 2 aromatic rings. The molecule has 2 heterocycles. The fourth-order valence-corrected chi connectivity index (χ4v) is 1.74. The van der Waals surface area contributed by atoms with Gasteiger partial charge in [0.05, 0.1) is 12.0 Å². The molecule has 0 bridgehead atoms. The van der Waals surface area contributed by atoms with E-state index < -0.39 is 0 Å². The Balaban J connectivity index is 1.84. The van der Waals surface area contributed by atoms with Gasteiger partial charge in [0.25, 0.3) is 0 Å². The van der Waals surface area contributed by atoms with Gasteiger partial charge in [0.2, 0.25) is 0 Å². The van der Waals surface area contributed by atoms with Crippen molar-refractivity contribution in [3.63, 3.8) is 0 Å². The van der Waals surface area contributed by atoms with Crippen LogP contribution < -0.4 is 5.32 Å². The summed E-state index contributed by atoms with van der Waals surface area (Å²) in [6, 6.07) is 6.44. The normalized spacial score (nSPS) is 12.5. The van der Waals surface area contributed by atoms with Gasteiger partial charge in [0, 0.05) is 37.7 Å². The number of aromatic nitrogens is 3. The first-order chi connectivity index (χ1) is 8.38. The lowest BCUT2D eigenvalue weighted by Crippen LogP contribution is -2.32. The van der Waals surface area contributed by atoms with Crippen LogP contribution in [-0.2, 0) is 13.1 Å². The van der Waals surface area contributed by atoms with Gasteiger partial charge in [-0.3, -0.25) is 4.98 Å². The number of nitrogens with one attached hydrogen (secondary N) is 1. The Bertz CT molecular complexity index is 410. The van der Waals surface area contributed by atoms with Crippen LogP contribution >= 0.6 is 0 Å². The van der Waals surface area contributed by atoms with Crippen LogP contribution in [0.15, 0.2) is 43.1 Å². The topological polar surface area (TPSA) is 42.7 Å². The van der Waals surface area contributed by atoms with E-state index in [0.29, 0.717) is 6.04 Å². The molecular weight excluding hydrogens is 212 g/mol. The van der Waals surface area contributed by atoms with Gasteiger partial charge in [-0.05, 0) is 18.6 Å². The highest BCUT2D eigenvalue weighted by Crippen LogP contribution is 1.99. The van der Waals surface area contributed by atoms with E-state index >= 15 is 0 Å². The molecule has 0 saturated carbocycles. The first-order valence-corrected chi connectivity index (χ1v) is 5.97. The first-order valence-electron chi connectivity index (χ1n) is 5.97. The van der Waals surface area contributed by atoms with Crippen LogP contribution in [0, 0.1) is 0 Å². The maximum Gasteiger partial charge on any atom is 0.0946 e. The minimum atomic E-state index is 0.450. The van der Waals surface area contributed by atoms with Crippen LogP contribution in [0.4, 0.5) is 0 Å². The van der Waals surface area contributed by atoms with Gasteiger partial charge >= 0.3 is 0 Å². The molecule has 1 N–H and O–H groups in total. The molecule has 0 fully saturated rings. The molecule has 0 spiro atoms. The molecule has 0 aromatic carbocycles. The van der Waals surface area contributed by atoms with E-state index in [1.54, 1.807) is 0 Å². The maximum atomic E-state index is 4.30. The molecule has 90 valence electrons. The Kier molecular flexibility index (Phi) is 4.27. The van der Waals surface area contributed by atoms with Crippen molar-refractivity contribution < 1.29 is 0 Å². The number of imidazole rings is 1. The third-order valence-corrected chi connectivity index (χ3v) is 2.78. The smallest absolute Gasteiger partial charge is 0.0946 e. The predicted molar refractivity (Wildman–Crippen MR) is 67.4 cm³/mol. The van der Waals surface area contributed by atoms with Crippen LogP contribution in [0.25, 0.3) is 0 Å². The molecule has 0 aliphatic carbocycles. The van der Waals surface area contributed by atoms with Gasteiger partial charge in [-0.2, -0.15) is 0 Å². The van der Waals surface area contributed by atoms with E-state index in [4.69, 9.17) is 0 Å². The Hall–Kier alpha value is -1.68. The largest absolute Gasteiger partial charge is 0.336 e. The number of pyridine rings is 1. The van der Waals surface area contributed by atoms with Crippen LogP contribution in [0.2, 0.25) is 0 Å². The van der Waals surface area contributed by atoms with Gasteiger partial charge in [0.1, 0.15) is 0 Å². The standard InChI is InChI=1S/C13H18N4/c1-2-12(10-17-8-7-14-11-17)16-9-13-5-3-4-6-15-13/h3-8,11-12,16H,2,9-10H2,1H3. The Labute approximate surface area is 102 Å². The quantitative estimate of drug-likeness (QED) is 0.823. The summed E-state index contributed by atoms with van der Waals surface area (Å²) in [5.74, 6) is 0. The molecule has 0 aliphatic heterocycles. The number of hydrogen-bond donors (Lipinski definition) is 1. The fraction of sp³-hybridized carbons (Fsp3) is 0.385. The second-order valence-corrected chi connectivity index (χ2v) is 4.07. The van der Waals surface area contributed by atoms with Crippen LogP contribution in [0.5, 0.6) is 0 Å². The van der Waals surface area contributed by atoms with Crippen molar-refractivity contribution in [1.29, 1.82) is 0 Å². The van der Waals surface area contributed by atoms with Crippen molar-refractivity contribution in [2.24, 2.45) is 0 Å². The molecule has 1 unspecified atom stereocenters. The van der Waals surface area contributed by atoms with Crippen LogP contribution in [0.3, 0.4) is 0 Å². The third-order valence-electron chi connectivity index (χ3n) is 2.78. The highest BCUT2D eigenvalue weighted by Gasteiger charge is 2.06. The second-order valence-electron chi connectivity index (χ2n) is 4.07. The minimum absolute atomic E-state index is 0.450. The molecule has 0 radical (unpaired) electrons. The zero-order valence-electron chi connectivity index (χ0n) is 10.1. The van der Waals surface area contributed by atoms with Gasteiger partial charge in [-0.15, -0.1) is 0 Å². The van der Waals surface area contributed by atoms with Crippen molar-refractivity contribution in [2.75, 3.05) is 0 Å². The Morgan fingerprint density at radius 1 is 1.35 bits per heavy atom. The summed E-state index contributed by atoms with van der Waals surface area (Å²) in [4.78, 5) is 8.35. The van der Waals surface area contributed by atoms with Crippen LogP contribution in [0.1, 0.15) is 19.0 Å². The van der Waals surface area contributed by atoms with E-state index in [-0.39, 0.29) is 0 Å². The van der Waals surface area contributed by atoms with Gasteiger partial charge in [-0.1, -0.05) is 13.0 Å². The SMILES string of the molecule is CCC(Cn1ccnc1)NCc1ccccn1. The average Bonchev–Trinajstić information content (AvgIpc) is 2.88. The molecule has 1 atom stereocenters. The zero-order valence-corrected chi connectivity index (χ0v) is 10.1. The summed E-state index contributed by atoms with van der Waals surface area (Å²) in [6.45, 7) is 3.95. The van der Waals surface area contributed by atoms with Gasteiger partial charge in [-0.25, -0.2) is 4.98 Å². The van der Waals surface area contributed by atoms with E-state index in [2.05, 4.69) is 26.8 Å². The summed E-state index contributed by atoms with van der Waals surface area (Å²) < 4.78 is 2.10. The van der Waals surface area contributed by atoms with Crippen molar-refractivity contribution >= 4 is 0 Å². The monoisotopic (exact) mass is 230 g/mol. The molecule has 4 nitrogen and oxygen atoms in total. The number of rotatable bonds is 6. The summed E-state index contributed by atoms with van der Waals surface area (Å²) in [6.07, 6.45) is 8.57. The first kappa shape index (κ1) is 11.8. The molecule has 0 saturated heterocycles. The van der Waals surface area contributed by atoms with Crippen molar-refractivity contribution in [1.82, 2.24) is 19.9 Å². The zero-order chi connectivity index (χ0) is 11.9. The number of nitrogens with zero attached hydrogens (tertiary/aromatic N) is 3. The second kappa shape index (κ2) is 6.15. The average molecular weight is 230 g/mol. The summed E-state index contributed by atoms with van der Waals surface area (Å²) >= 11 is 0. The molecule has 2 rings (SSSR count). The maximum absolute atomic E-state index is 4.30. The highest BCUT2D eigenvalue weighted by atomic mass is 15.1. The minimum Gasteiger partial charge on any atom is -0.336 e. The molecule has 0 aliphatic rings. The molecule has 17 heavy (non-hydrogen) atoms. The molecular formula is C13H18N4. The molecule has 4 heteroatoms. The molecule has 0 amide bonds. The fourth-order valence-electron chi connectivity index (χ4n) is 1.74. The highest BCUT2D eigenvalue weighted by molar-refractivity contribution is 5.03. The summed E-state index contributed by atoms with van der Waals surface area (Å²) in [5, 5.41) is 3.51. The lowest BCUT2D eigenvalue weighted by Gasteiger charge is -2.17. The van der Waals surface area contributed by atoms with Crippen molar-refractivity contribution in [2.45, 2.75) is 32.5 Å². The van der Waals surface area contributed by atoms with E-state index in [1.807, 2.05) is 43.1 Å². The lowest BCUT2D eigenvalue weighted by atomic mass is 10.2. The lowest BCUT2D eigenvalue weighted by molar-refractivity contribution is 0.432.